The number of nitrogens with one attached hydrogen (secondary N) is 1. The minimum Gasteiger partial charge on any atom is -0.493 e. The Hall–Kier alpha value is -2.53. The quantitative estimate of drug-likeness (QED) is 0.814. The molecule has 0 aromatic heterocycles. The second kappa shape index (κ2) is 8.91. The number of hydrogen-bond donors (Lipinski definition) is 1. The van der Waals surface area contributed by atoms with Gasteiger partial charge in [0, 0.05) is 12.1 Å². The van der Waals surface area contributed by atoms with Crippen molar-refractivity contribution in [2.24, 2.45) is 0 Å². The number of para-hydroxylation sites is 1. The molecule has 5 heteroatoms. The zero-order valence-corrected chi connectivity index (χ0v) is 16.3. The molecule has 0 heterocycles. The molecule has 1 atom stereocenters. The molecular formula is C22H28N2O3. The Balaban J connectivity index is 1.61. The van der Waals surface area contributed by atoms with Crippen molar-refractivity contribution in [2.75, 3.05) is 27.8 Å². The second-order valence-electron chi connectivity index (χ2n) is 7.04. The number of benzene rings is 2. The van der Waals surface area contributed by atoms with Crippen molar-refractivity contribution in [2.45, 2.75) is 31.8 Å². The van der Waals surface area contributed by atoms with Crippen LogP contribution >= 0.6 is 0 Å². The number of fused-ring (bicyclic) bond motifs is 1. The zero-order valence-electron chi connectivity index (χ0n) is 16.3. The van der Waals surface area contributed by atoms with E-state index in [1.165, 1.54) is 11.1 Å². The number of rotatable bonds is 7. The van der Waals surface area contributed by atoms with Crippen LogP contribution in [0.4, 0.5) is 0 Å². The Labute approximate surface area is 161 Å². The molecule has 0 aliphatic heterocycles. The molecule has 0 bridgehead atoms. The van der Waals surface area contributed by atoms with Crippen LogP contribution in [0.15, 0.2) is 42.5 Å². The van der Waals surface area contributed by atoms with Crippen molar-refractivity contribution in [3.63, 3.8) is 0 Å². The van der Waals surface area contributed by atoms with Crippen molar-refractivity contribution in [1.29, 1.82) is 0 Å². The van der Waals surface area contributed by atoms with Crippen LogP contribution < -0.4 is 14.8 Å². The van der Waals surface area contributed by atoms with Gasteiger partial charge in [0.1, 0.15) is 0 Å². The highest BCUT2D eigenvalue weighted by molar-refractivity contribution is 5.78. The van der Waals surface area contributed by atoms with E-state index in [0.29, 0.717) is 24.6 Å². The SMILES string of the molecule is COc1cccc(CN(C)CC(=O)N[C@@H]2CCCc3ccccc32)c1OC. The molecule has 0 fully saturated rings. The summed E-state index contributed by atoms with van der Waals surface area (Å²) in [5, 5.41) is 3.21. The monoisotopic (exact) mass is 368 g/mol. The molecular weight excluding hydrogens is 340 g/mol. The van der Waals surface area contributed by atoms with Gasteiger partial charge in [-0.15, -0.1) is 0 Å². The van der Waals surface area contributed by atoms with E-state index in [-0.39, 0.29) is 11.9 Å². The number of ether oxygens (including phenoxy) is 2. The summed E-state index contributed by atoms with van der Waals surface area (Å²) in [4.78, 5) is 14.6. The third-order valence-electron chi connectivity index (χ3n) is 5.04. The molecule has 2 aromatic rings. The van der Waals surface area contributed by atoms with Gasteiger partial charge in [0.05, 0.1) is 26.8 Å². The van der Waals surface area contributed by atoms with E-state index in [2.05, 4.69) is 23.5 Å². The van der Waals surface area contributed by atoms with Gasteiger partial charge in [-0.05, 0) is 43.5 Å². The average molecular weight is 368 g/mol. The minimum absolute atomic E-state index is 0.0427. The predicted octanol–water partition coefficient (Wildman–Crippen LogP) is 3.33. The normalized spacial score (nSPS) is 15.9. The summed E-state index contributed by atoms with van der Waals surface area (Å²) >= 11 is 0. The van der Waals surface area contributed by atoms with Gasteiger partial charge in [0.2, 0.25) is 5.91 Å². The van der Waals surface area contributed by atoms with Crippen molar-refractivity contribution < 1.29 is 14.3 Å². The summed E-state index contributed by atoms with van der Waals surface area (Å²) < 4.78 is 10.8. The average Bonchev–Trinajstić information content (AvgIpc) is 2.67. The molecule has 27 heavy (non-hydrogen) atoms. The van der Waals surface area contributed by atoms with Crippen molar-refractivity contribution in [3.05, 3.63) is 59.2 Å². The molecule has 0 spiro atoms. The number of carbonyl (C=O) groups is 1. The Kier molecular flexibility index (Phi) is 6.35. The van der Waals surface area contributed by atoms with Crippen molar-refractivity contribution in [1.82, 2.24) is 10.2 Å². The highest BCUT2D eigenvalue weighted by atomic mass is 16.5. The molecule has 0 saturated heterocycles. The largest absolute Gasteiger partial charge is 0.493 e. The van der Waals surface area contributed by atoms with E-state index in [9.17, 15) is 4.79 Å². The molecule has 5 nitrogen and oxygen atoms in total. The smallest absolute Gasteiger partial charge is 0.234 e. The maximum Gasteiger partial charge on any atom is 0.234 e. The van der Waals surface area contributed by atoms with Crippen LogP contribution in [0.1, 0.15) is 35.6 Å². The summed E-state index contributed by atoms with van der Waals surface area (Å²) in [5.41, 5.74) is 3.60. The summed E-state index contributed by atoms with van der Waals surface area (Å²) in [6.45, 7) is 0.939. The third-order valence-corrected chi connectivity index (χ3v) is 5.04. The first-order valence-electron chi connectivity index (χ1n) is 9.38. The number of methoxy groups -OCH3 is 2. The first-order valence-corrected chi connectivity index (χ1v) is 9.38. The highest BCUT2D eigenvalue weighted by Gasteiger charge is 2.22. The first kappa shape index (κ1) is 19.2. The fraction of sp³-hybridized carbons (Fsp3) is 0.409. The standard InChI is InChI=1S/C22H28N2O3/c1-24(14-17-10-7-13-20(26-2)22(17)27-3)15-21(25)23-19-12-6-9-16-8-4-5-11-18(16)19/h4-5,7-8,10-11,13,19H,6,9,12,14-15H2,1-3H3,(H,23,25)/t19-/m1/s1. The van der Waals surface area contributed by atoms with E-state index in [1.807, 2.05) is 36.2 Å². The number of hydrogen-bond acceptors (Lipinski definition) is 4. The third kappa shape index (κ3) is 4.61. The summed E-state index contributed by atoms with van der Waals surface area (Å²) in [6.07, 6.45) is 3.20. The molecule has 1 amide bonds. The zero-order chi connectivity index (χ0) is 19.2. The lowest BCUT2D eigenvalue weighted by Crippen LogP contribution is -2.38. The Morgan fingerprint density at radius 1 is 1.15 bits per heavy atom. The number of likely N-dealkylation sites (N-methyl/N-ethyl adjacent to an activating group) is 1. The molecule has 1 aliphatic rings. The van der Waals surface area contributed by atoms with Gasteiger partial charge in [-0.3, -0.25) is 9.69 Å². The molecule has 2 aromatic carbocycles. The minimum atomic E-state index is 0.0427. The van der Waals surface area contributed by atoms with Crippen molar-refractivity contribution in [3.8, 4) is 11.5 Å². The van der Waals surface area contributed by atoms with Gasteiger partial charge >= 0.3 is 0 Å². The fourth-order valence-corrected chi connectivity index (χ4v) is 3.81. The fourth-order valence-electron chi connectivity index (χ4n) is 3.81. The van der Waals surface area contributed by atoms with Crippen LogP contribution in [0.25, 0.3) is 0 Å². The molecule has 0 radical (unpaired) electrons. The molecule has 0 unspecified atom stereocenters. The van der Waals surface area contributed by atoms with Crippen LogP contribution in [0, 0.1) is 0 Å². The van der Waals surface area contributed by atoms with Gasteiger partial charge in [0.15, 0.2) is 11.5 Å². The number of carbonyl (C=O) groups excluding carboxylic acids is 1. The van der Waals surface area contributed by atoms with Gasteiger partial charge in [-0.1, -0.05) is 36.4 Å². The Morgan fingerprint density at radius 3 is 2.74 bits per heavy atom. The molecule has 144 valence electrons. The van der Waals surface area contributed by atoms with Crippen LogP contribution in [0.3, 0.4) is 0 Å². The molecule has 0 saturated carbocycles. The Bertz CT molecular complexity index is 791. The van der Waals surface area contributed by atoms with Crippen molar-refractivity contribution >= 4 is 5.91 Å². The van der Waals surface area contributed by atoms with E-state index < -0.39 is 0 Å². The van der Waals surface area contributed by atoms with Gasteiger partial charge in [-0.2, -0.15) is 0 Å². The first-order chi connectivity index (χ1) is 13.1. The second-order valence-corrected chi connectivity index (χ2v) is 7.04. The van der Waals surface area contributed by atoms with Crippen LogP contribution in [-0.4, -0.2) is 38.6 Å². The van der Waals surface area contributed by atoms with E-state index in [1.54, 1.807) is 14.2 Å². The van der Waals surface area contributed by atoms with Gasteiger partial charge in [0.25, 0.3) is 0 Å². The summed E-state index contributed by atoms with van der Waals surface area (Å²) in [5.74, 6) is 1.46. The topological polar surface area (TPSA) is 50.8 Å². The summed E-state index contributed by atoms with van der Waals surface area (Å²) in [7, 11) is 5.20. The lowest BCUT2D eigenvalue weighted by atomic mass is 9.88. The lowest BCUT2D eigenvalue weighted by Gasteiger charge is -2.27. The molecule has 3 rings (SSSR count). The van der Waals surface area contributed by atoms with E-state index in [4.69, 9.17) is 9.47 Å². The molecule has 1 aliphatic carbocycles. The van der Waals surface area contributed by atoms with Crippen LogP contribution in [-0.2, 0) is 17.8 Å². The number of aryl methyl sites for hydroxylation is 1. The lowest BCUT2D eigenvalue weighted by molar-refractivity contribution is -0.122. The highest BCUT2D eigenvalue weighted by Crippen LogP contribution is 2.31. The summed E-state index contributed by atoms with van der Waals surface area (Å²) in [6, 6.07) is 14.3. The van der Waals surface area contributed by atoms with Gasteiger partial charge < -0.3 is 14.8 Å². The Morgan fingerprint density at radius 2 is 1.96 bits per heavy atom. The van der Waals surface area contributed by atoms with E-state index in [0.717, 1.165) is 24.8 Å². The van der Waals surface area contributed by atoms with E-state index >= 15 is 0 Å². The predicted molar refractivity (Wildman–Crippen MR) is 106 cm³/mol. The molecule has 1 N–H and O–H groups in total. The van der Waals surface area contributed by atoms with Crippen LogP contribution in [0.5, 0.6) is 11.5 Å². The van der Waals surface area contributed by atoms with Gasteiger partial charge in [-0.25, -0.2) is 0 Å². The maximum absolute atomic E-state index is 12.6. The number of amides is 1. The van der Waals surface area contributed by atoms with Crippen LogP contribution in [0.2, 0.25) is 0 Å². The maximum atomic E-state index is 12.6. The number of nitrogens with zero attached hydrogens (tertiary/aromatic N) is 1.